The number of Topliss-reactive ketones (excluding diaryl/α,β-unsaturated/α-hetero) is 4. The van der Waals surface area contributed by atoms with E-state index in [1.54, 1.807) is 30.3 Å². The van der Waals surface area contributed by atoms with Crippen LogP contribution in [0.4, 0.5) is 16.3 Å². The highest BCUT2D eigenvalue weighted by atomic mass is 16.5. The molecule has 3 aromatic rings. The number of carbonyl (C=O) groups is 6. The molecule has 228 valence electrons. The standard InChI is InChI=1S/C34H30N4O7/c39-23-10-11-28(31(42)15-23)38-18-26-24(33(38)43)7-4-8-27(26)37-34(44)45-19-20-9-12-32(35-16-20)36-17-25-29(40)13-22(14-30(25)41)21-5-2-1-3-6-21/h1-9,12,16-17,22,25,28H,10-11,13-15,18-19H2,(H,37,44). The minimum atomic E-state index is -0.896. The first-order valence-corrected chi connectivity index (χ1v) is 14.8. The van der Waals surface area contributed by atoms with E-state index < -0.39 is 18.1 Å². The molecule has 1 aliphatic heterocycles. The maximum atomic E-state index is 13.0. The average molecular weight is 607 g/mol. The minimum absolute atomic E-state index is 0.0893. The molecule has 1 atom stereocenters. The van der Waals surface area contributed by atoms with Crippen LogP contribution in [0.2, 0.25) is 0 Å². The van der Waals surface area contributed by atoms with E-state index in [2.05, 4.69) is 15.3 Å². The molecule has 11 heteroatoms. The van der Waals surface area contributed by atoms with Crippen molar-refractivity contribution in [2.75, 3.05) is 5.32 Å². The molecule has 2 saturated carbocycles. The SMILES string of the molecule is O=C1CCC(N2Cc3c(NC(=O)OCc4ccc(N=CC5C(=O)CC(c6ccccc6)CC5=O)nc4)cccc3C2=O)C(=O)C1. The molecule has 0 bridgehead atoms. The Kier molecular flexibility index (Phi) is 8.41. The Bertz CT molecular complexity index is 1700. The van der Waals surface area contributed by atoms with Crippen LogP contribution in [0.25, 0.3) is 0 Å². The number of anilines is 1. The zero-order chi connectivity index (χ0) is 31.5. The summed E-state index contributed by atoms with van der Waals surface area (Å²) < 4.78 is 5.35. The minimum Gasteiger partial charge on any atom is -0.444 e. The summed E-state index contributed by atoms with van der Waals surface area (Å²) in [5, 5.41) is 2.68. The lowest BCUT2D eigenvalue weighted by atomic mass is 9.77. The van der Waals surface area contributed by atoms with E-state index in [1.165, 1.54) is 17.3 Å². The van der Waals surface area contributed by atoms with Gasteiger partial charge in [-0.15, -0.1) is 0 Å². The summed E-state index contributed by atoms with van der Waals surface area (Å²) in [6.07, 6.45) is 3.04. The van der Waals surface area contributed by atoms with E-state index in [9.17, 15) is 28.8 Å². The number of aliphatic imine (C=N–C) groups is 1. The van der Waals surface area contributed by atoms with Crippen LogP contribution in [0.5, 0.6) is 0 Å². The molecule has 3 aliphatic rings. The molecule has 2 amide bonds. The molecular weight excluding hydrogens is 576 g/mol. The van der Waals surface area contributed by atoms with Crippen LogP contribution in [-0.4, -0.2) is 57.3 Å². The van der Waals surface area contributed by atoms with Gasteiger partial charge < -0.3 is 9.64 Å². The second-order valence-electron chi connectivity index (χ2n) is 11.4. The zero-order valence-electron chi connectivity index (χ0n) is 24.3. The average Bonchev–Trinajstić information content (AvgIpc) is 3.37. The Hall–Kier alpha value is -5.32. The van der Waals surface area contributed by atoms with Gasteiger partial charge in [0.15, 0.2) is 11.6 Å². The van der Waals surface area contributed by atoms with Crippen molar-refractivity contribution in [2.45, 2.75) is 57.2 Å². The van der Waals surface area contributed by atoms with Gasteiger partial charge in [0.25, 0.3) is 5.91 Å². The Morgan fingerprint density at radius 3 is 2.44 bits per heavy atom. The smallest absolute Gasteiger partial charge is 0.411 e. The quantitative estimate of drug-likeness (QED) is 0.305. The van der Waals surface area contributed by atoms with Gasteiger partial charge in [0.05, 0.1) is 12.5 Å². The first-order valence-electron chi connectivity index (χ1n) is 14.8. The van der Waals surface area contributed by atoms with Crippen molar-refractivity contribution in [1.29, 1.82) is 0 Å². The third kappa shape index (κ3) is 6.47. The maximum absolute atomic E-state index is 13.0. The molecule has 0 saturated heterocycles. The van der Waals surface area contributed by atoms with Gasteiger partial charge in [-0.25, -0.2) is 14.8 Å². The number of carbonyl (C=O) groups excluding carboxylic acids is 6. The van der Waals surface area contributed by atoms with E-state index in [4.69, 9.17) is 4.74 Å². The van der Waals surface area contributed by atoms with Crippen LogP contribution >= 0.6 is 0 Å². The van der Waals surface area contributed by atoms with Gasteiger partial charge >= 0.3 is 6.09 Å². The summed E-state index contributed by atoms with van der Waals surface area (Å²) in [4.78, 5) is 85.1. The Labute approximate surface area is 258 Å². The zero-order valence-corrected chi connectivity index (χ0v) is 24.3. The van der Waals surface area contributed by atoms with E-state index >= 15 is 0 Å². The van der Waals surface area contributed by atoms with Crippen molar-refractivity contribution in [3.05, 3.63) is 89.1 Å². The van der Waals surface area contributed by atoms with E-state index in [1.807, 2.05) is 30.3 Å². The molecule has 1 unspecified atom stereocenters. The third-order valence-electron chi connectivity index (χ3n) is 8.44. The largest absolute Gasteiger partial charge is 0.444 e. The number of ketones is 4. The van der Waals surface area contributed by atoms with Crippen molar-refractivity contribution in [3.8, 4) is 0 Å². The molecule has 1 aromatic heterocycles. The molecule has 0 spiro atoms. The van der Waals surface area contributed by atoms with Crippen LogP contribution in [0, 0.1) is 5.92 Å². The number of pyridine rings is 1. The highest BCUT2D eigenvalue weighted by molar-refractivity contribution is 6.16. The summed E-state index contributed by atoms with van der Waals surface area (Å²) in [7, 11) is 0. The summed E-state index contributed by atoms with van der Waals surface area (Å²) in [6, 6.07) is 17.1. The molecular formula is C34H30N4O7. The predicted molar refractivity (Wildman–Crippen MR) is 162 cm³/mol. The fourth-order valence-electron chi connectivity index (χ4n) is 6.05. The fraction of sp³-hybridized carbons (Fsp3) is 0.294. The summed E-state index contributed by atoms with van der Waals surface area (Å²) >= 11 is 0. The first-order chi connectivity index (χ1) is 21.8. The van der Waals surface area contributed by atoms with Gasteiger partial charge in [0, 0.05) is 60.6 Å². The molecule has 6 rings (SSSR count). The van der Waals surface area contributed by atoms with Crippen molar-refractivity contribution < 1.29 is 33.5 Å². The van der Waals surface area contributed by atoms with Gasteiger partial charge in [-0.05, 0) is 36.1 Å². The van der Waals surface area contributed by atoms with Gasteiger partial charge in [0.1, 0.15) is 29.9 Å². The summed E-state index contributed by atoms with van der Waals surface area (Å²) in [5.74, 6) is -1.73. The second-order valence-corrected chi connectivity index (χ2v) is 11.4. The molecule has 2 aliphatic carbocycles. The maximum Gasteiger partial charge on any atom is 0.411 e. The lowest BCUT2D eigenvalue weighted by molar-refractivity contribution is -0.134. The Balaban J connectivity index is 1.02. The number of nitrogens with zero attached hydrogens (tertiary/aromatic N) is 3. The molecule has 45 heavy (non-hydrogen) atoms. The number of aromatic nitrogens is 1. The number of hydrogen-bond donors (Lipinski definition) is 1. The lowest BCUT2D eigenvalue weighted by Crippen LogP contribution is -2.44. The number of rotatable bonds is 7. The Morgan fingerprint density at radius 2 is 1.73 bits per heavy atom. The summed E-state index contributed by atoms with van der Waals surface area (Å²) in [5.41, 5.74) is 2.94. The van der Waals surface area contributed by atoms with Gasteiger partial charge in [0.2, 0.25) is 0 Å². The fourth-order valence-corrected chi connectivity index (χ4v) is 6.05. The number of nitrogens with one attached hydrogen (secondary N) is 1. The van der Waals surface area contributed by atoms with Crippen LogP contribution in [0.1, 0.15) is 65.1 Å². The van der Waals surface area contributed by atoms with Gasteiger partial charge in [-0.3, -0.25) is 29.3 Å². The highest BCUT2D eigenvalue weighted by Crippen LogP contribution is 2.34. The number of amides is 2. The number of ether oxygens (including phenoxy) is 1. The van der Waals surface area contributed by atoms with Crippen molar-refractivity contribution >= 4 is 52.9 Å². The van der Waals surface area contributed by atoms with Crippen LogP contribution < -0.4 is 5.32 Å². The van der Waals surface area contributed by atoms with Gasteiger partial charge in [-0.1, -0.05) is 42.5 Å². The van der Waals surface area contributed by atoms with Crippen molar-refractivity contribution in [3.63, 3.8) is 0 Å². The molecule has 2 aromatic carbocycles. The molecule has 2 fully saturated rings. The van der Waals surface area contributed by atoms with Crippen LogP contribution in [0.15, 0.2) is 71.9 Å². The normalized spacial score (nSPS) is 21.7. The molecule has 2 heterocycles. The van der Waals surface area contributed by atoms with E-state index in [-0.39, 0.29) is 73.8 Å². The molecule has 0 radical (unpaired) electrons. The second kappa shape index (κ2) is 12.7. The van der Waals surface area contributed by atoms with E-state index in [0.29, 0.717) is 34.6 Å². The predicted octanol–water partition coefficient (Wildman–Crippen LogP) is 4.51. The van der Waals surface area contributed by atoms with Crippen LogP contribution in [-0.2, 0) is 37.1 Å². The first kappa shape index (κ1) is 29.7. The molecule has 11 nitrogen and oxygen atoms in total. The Morgan fingerprint density at radius 1 is 0.956 bits per heavy atom. The highest BCUT2D eigenvalue weighted by Gasteiger charge is 2.40. The van der Waals surface area contributed by atoms with E-state index in [0.717, 1.165) is 5.56 Å². The van der Waals surface area contributed by atoms with Crippen molar-refractivity contribution in [1.82, 2.24) is 9.88 Å². The van der Waals surface area contributed by atoms with Gasteiger partial charge in [-0.2, -0.15) is 0 Å². The van der Waals surface area contributed by atoms with Crippen LogP contribution in [0.3, 0.4) is 0 Å². The molecule has 1 N–H and O–H groups in total. The lowest BCUT2D eigenvalue weighted by Gasteiger charge is -2.29. The number of hydrogen-bond acceptors (Lipinski definition) is 9. The third-order valence-corrected chi connectivity index (χ3v) is 8.44. The van der Waals surface area contributed by atoms with Crippen molar-refractivity contribution in [2.24, 2.45) is 10.9 Å². The summed E-state index contributed by atoms with van der Waals surface area (Å²) in [6.45, 7) is 0.0563. The topological polar surface area (TPSA) is 152 Å². The number of fused-ring (bicyclic) bond motifs is 1. The number of benzene rings is 2. The monoisotopic (exact) mass is 606 g/mol.